The second kappa shape index (κ2) is 7.75. The summed E-state index contributed by atoms with van der Waals surface area (Å²) in [4.78, 5) is 15.6. The highest BCUT2D eigenvalue weighted by molar-refractivity contribution is 7.98. The van der Waals surface area contributed by atoms with Gasteiger partial charge in [0, 0.05) is 30.6 Å². The molecule has 0 radical (unpaired) electrons. The zero-order valence-corrected chi connectivity index (χ0v) is 15.1. The van der Waals surface area contributed by atoms with E-state index in [-0.39, 0.29) is 5.91 Å². The molecule has 1 aromatic carbocycles. The van der Waals surface area contributed by atoms with Gasteiger partial charge in [-0.25, -0.2) is 4.68 Å². The van der Waals surface area contributed by atoms with Gasteiger partial charge < -0.3 is 10.2 Å². The van der Waals surface area contributed by atoms with Crippen molar-refractivity contribution in [3.63, 3.8) is 0 Å². The van der Waals surface area contributed by atoms with Crippen molar-refractivity contribution in [1.29, 1.82) is 0 Å². The predicted octanol–water partition coefficient (Wildman–Crippen LogP) is 2.48. The lowest BCUT2D eigenvalue weighted by molar-refractivity contribution is -0.119. The van der Waals surface area contributed by atoms with E-state index in [1.54, 1.807) is 11.8 Å². The van der Waals surface area contributed by atoms with Crippen LogP contribution in [0.4, 0.5) is 5.82 Å². The molecule has 0 saturated carbocycles. The summed E-state index contributed by atoms with van der Waals surface area (Å²) in [5, 5.41) is 7.50. The third kappa shape index (κ3) is 4.12. The lowest BCUT2D eigenvalue weighted by Crippen LogP contribution is -2.41. The molecular weight excluding hydrogens is 320 g/mol. The van der Waals surface area contributed by atoms with Crippen LogP contribution in [0.5, 0.6) is 0 Å². The number of hydrogen-bond donors (Lipinski definition) is 1. The van der Waals surface area contributed by atoms with E-state index in [0.29, 0.717) is 13.1 Å². The number of aromatic nitrogens is 2. The number of carbonyl (C=O) groups excluding carboxylic acids is 1. The van der Waals surface area contributed by atoms with E-state index in [4.69, 9.17) is 0 Å². The maximum absolute atomic E-state index is 12.2. The number of aryl methyl sites for hydroxylation is 2. The molecule has 1 aromatic heterocycles. The zero-order chi connectivity index (χ0) is 16.9. The molecule has 6 heteroatoms. The molecule has 24 heavy (non-hydrogen) atoms. The molecular formula is C18H24N4OS. The Hall–Kier alpha value is -1.95. The van der Waals surface area contributed by atoms with Crippen LogP contribution in [0, 0.1) is 6.92 Å². The monoisotopic (exact) mass is 344 g/mol. The van der Waals surface area contributed by atoms with Crippen LogP contribution in [0.2, 0.25) is 0 Å². The Morgan fingerprint density at radius 1 is 1.29 bits per heavy atom. The van der Waals surface area contributed by atoms with Crippen LogP contribution >= 0.6 is 11.8 Å². The first-order valence-electron chi connectivity index (χ1n) is 8.35. The number of hydrogen-bond acceptors (Lipinski definition) is 4. The predicted molar refractivity (Wildman–Crippen MR) is 98.7 cm³/mol. The fourth-order valence-electron chi connectivity index (χ4n) is 3.00. The van der Waals surface area contributed by atoms with E-state index < -0.39 is 0 Å². The first-order chi connectivity index (χ1) is 11.7. The Bertz CT molecular complexity index is 696. The summed E-state index contributed by atoms with van der Waals surface area (Å²) in [5.74, 6) is 1.13. The fraction of sp³-hybridized carbons (Fsp3) is 0.444. The second-order valence-electron chi connectivity index (χ2n) is 6.09. The number of nitrogens with one attached hydrogen (secondary N) is 1. The van der Waals surface area contributed by atoms with E-state index in [2.05, 4.69) is 51.9 Å². The van der Waals surface area contributed by atoms with Crippen molar-refractivity contribution in [2.24, 2.45) is 0 Å². The molecule has 2 heterocycles. The summed E-state index contributed by atoms with van der Waals surface area (Å²) < 4.78 is 2.00. The molecule has 3 rings (SSSR count). The maximum Gasteiger partial charge on any atom is 0.239 e. The third-order valence-corrected chi connectivity index (χ3v) is 4.98. The van der Waals surface area contributed by atoms with Gasteiger partial charge in [-0.1, -0.05) is 12.1 Å². The minimum Gasteiger partial charge on any atom is -0.354 e. The maximum atomic E-state index is 12.2. The summed E-state index contributed by atoms with van der Waals surface area (Å²) in [6.07, 6.45) is 3.96. The molecule has 128 valence electrons. The SMILES string of the molecule is CSc1ccc(CCNC(=O)CN2CCCn3nc(C)cc32)cc1. The largest absolute Gasteiger partial charge is 0.354 e. The van der Waals surface area contributed by atoms with E-state index in [0.717, 1.165) is 37.4 Å². The highest BCUT2D eigenvalue weighted by Gasteiger charge is 2.20. The summed E-state index contributed by atoms with van der Waals surface area (Å²) in [6, 6.07) is 10.6. The van der Waals surface area contributed by atoms with Crippen LogP contribution in [0.3, 0.4) is 0 Å². The lowest BCUT2D eigenvalue weighted by Gasteiger charge is -2.28. The quantitative estimate of drug-likeness (QED) is 0.818. The van der Waals surface area contributed by atoms with Crippen LogP contribution in [0.15, 0.2) is 35.2 Å². The molecule has 0 unspecified atom stereocenters. The van der Waals surface area contributed by atoms with Crippen LogP contribution in [-0.2, 0) is 17.8 Å². The topological polar surface area (TPSA) is 50.2 Å². The highest BCUT2D eigenvalue weighted by atomic mass is 32.2. The van der Waals surface area contributed by atoms with Gasteiger partial charge in [0.2, 0.25) is 5.91 Å². The van der Waals surface area contributed by atoms with Gasteiger partial charge in [-0.05, 0) is 43.7 Å². The van der Waals surface area contributed by atoms with Crippen molar-refractivity contribution >= 4 is 23.5 Å². The first kappa shape index (κ1) is 16.9. The van der Waals surface area contributed by atoms with Gasteiger partial charge in [-0.15, -0.1) is 11.8 Å². The van der Waals surface area contributed by atoms with Crippen molar-refractivity contribution in [2.45, 2.75) is 31.2 Å². The lowest BCUT2D eigenvalue weighted by atomic mass is 10.1. The summed E-state index contributed by atoms with van der Waals surface area (Å²) in [5.41, 5.74) is 2.26. The van der Waals surface area contributed by atoms with E-state index in [9.17, 15) is 4.79 Å². The van der Waals surface area contributed by atoms with E-state index >= 15 is 0 Å². The highest BCUT2D eigenvalue weighted by Crippen LogP contribution is 2.21. The minimum atomic E-state index is 0.0723. The minimum absolute atomic E-state index is 0.0723. The average Bonchev–Trinajstić information content (AvgIpc) is 2.97. The normalized spacial score (nSPS) is 13.7. The second-order valence-corrected chi connectivity index (χ2v) is 6.97. The number of benzene rings is 1. The van der Waals surface area contributed by atoms with Gasteiger partial charge in [0.05, 0.1) is 12.2 Å². The zero-order valence-electron chi connectivity index (χ0n) is 14.3. The average molecular weight is 344 g/mol. The Labute approximate surface area is 147 Å². The number of rotatable bonds is 6. The molecule has 0 saturated heterocycles. The molecule has 1 N–H and O–H groups in total. The van der Waals surface area contributed by atoms with Gasteiger partial charge in [0.1, 0.15) is 5.82 Å². The summed E-state index contributed by atoms with van der Waals surface area (Å²) in [7, 11) is 0. The number of nitrogens with zero attached hydrogens (tertiary/aromatic N) is 3. The van der Waals surface area contributed by atoms with Crippen LogP contribution in [0.25, 0.3) is 0 Å². The molecule has 0 spiro atoms. The van der Waals surface area contributed by atoms with Gasteiger partial charge in [0.25, 0.3) is 0 Å². The molecule has 0 atom stereocenters. The number of thioether (sulfide) groups is 1. The molecule has 0 bridgehead atoms. The molecule has 2 aromatic rings. The molecule has 1 aliphatic heterocycles. The van der Waals surface area contributed by atoms with Crippen LogP contribution < -0.4 is 10.2 Å². The van der Waals surface area contributed by atoms with Crippen molar-refractivity contribution in [1.82, 2.24) is 15.1 Å². The molecule has 1 aliphatic rings. The Kier molecular flexibility index (Phi) is 5.45. The fourth-order valence-corrected chi connectivity index (χ4v) is 3.41. The third-order valence-electron chi connectivity index (χ3n) is 4.23. The number of carbonyl (C=O) groups is 1. The van der Waals surface area contributed by atoms with Gasteiger partial charge >= 0.3 is 0 Å². The number of anilines is 1. The Morgan fingerprint density at radius 3 is 2.83 bits per heavy atom. The molecule has 5 nitrogen and oxygen atoms in total. The molecule has 1 amide bonds. The van der Waals surface area contributed by atoms with Gasteiger partial charge in [0.15, 0.2) is 0 Å². The Balaban J connectivity index is 1.47. The van der Waals surface area contributed by atoms with Crippen molar-refractivity contribution in [3.8, 4) is 0 Å². The number of amides is 1. The Morgan fingerprint density at radius 2 is 2.08 bits per heavy atom. The molecule has 0 aliphatic carbocycles. The van der Waals surface area contributed by atoms with Crippen molar-refractivity contribution < 1.29 is 4.79 Å². The standard InChI is InChI=1S/C18H24N4OS/c1-14-12-18-21(10-3-11-22(18)20-14)13-17(23)19-9-8-15-4-6-16(24-2)7-5-15/h4-7,12H,3,8-11,13H2,1-2H3,(H,19,23). The van der Waals surface area contributed by atoms with Gasteiger partial charge in [-0.3, -0.25) is 4.79 Å². The summed E-state index contributed by atoms with van der Waals surface area (Å²) in [6.45, 7) is 4.91. The van der Waals surface area contributed by atoms with Crippen LogP contribution in [0.1, 0.15) is 17.7 Å². The van der Waals surface area contributed by atoms with E-state index in [1.807, 2.05) is 11.6 Å². The number of fused-ring (bicyclic) bond motifs is 1. The van der Waals surface area contributed by atoms with Crippen LogP contribution in [-0.4, -0.2) is 41.6 Å². The van der Waals surface area contributed by atoms with Gasteiger partial charge in [-0.2, -0.15) is 5.10 Å². The van der Waals surface area contributed by atoms with Crippen molar-refractivity contribution in [3.05, 3.63) is 41.6 Å². The first-order valence-corrected chi connectivity index (χ1v) is 9.57. The smallest absolute Gasteiger partial charge is 0.239 e. The van der Waals surface area contributed by atoms with Crippen molar-refractivity contribution in [2.75, 3.05) is 30.8 Å². The summed E-state index contributed by atoms with van der Waals surface area (Å²) >= 11 is 1.74. The van der Waals surface area contributed by atoms with E-state index in [1.165, 1.54) is 10.5 Å². The molecule has 0 fully saturated rings.